The topological polar surface area (TPSA) is 63.7 Å². The maximum atomic E-state index is 9.16. The Morgan fingerprint density at radius 1 is 1.44 bits per heavy atom. The Kier molecular flexibility index (Phi) is 3.02. The van der Waals surface area contributed by atoms with Crippen molar-refractivity contribution in [3.63, 3.8) is 0 Å². The number of aromatic nitrogens is 3. The molecule has 0 amide bonds. The molecule has 0 bridgehead atoms. The molecule has 0 radical (unpaired) electrons. The summed E-state index contributed by atoms with van der Waals surface area (Å²) in [6.45, 7) is 0.758. The number of rotatable bonds is 1. The molecule has 6 heteroatoms. The van der Waals surface area contributed by atoms with Gasteiger partial charge in [-0.05, 0) is 35.2 Å². The Hall–Kier alpha value is -1.45. The van der Waals surface area contributed by atoms with Gasteiger partial charge in [0.1, 0.15) is 6.07 Å². The van der Waals surface area contributed by atoms with Crippen molar-refractivity contribution in [3.05, 3.63) is 22.4 Å². The van der Waals surface area contributed by atoms with Gasteiger partial charge in [-0.3, -0.25) is 0 Å². The fourth-order valence-corrected chi connectivity index (χ4v) is 2.62. The van der Waals surface area contributed by atoms with Gasteiger partial charge < -0.3 is 4.74 Å². The van der Waals surface area contributed by atoms with Crippen molar-refractivity contribution in [2.75, 3.05) is 6.61 Å². The normalized spacial score (nSPS) is 19.9. The minimum Gasteiger partial charge on any atom is -0.356 e. The van der Waals surface area contributed by atoms with E-state index in [1.54, 1.807) is 17.1 Å². The van der Waals surface area contributed by atoms with Crippen molar-refractivity contribution < 1.29 is 4.74 Å². The first kappa shape index (κ1) is 11.6. The molecule has 5 nitrogen and oxygen atoms in total. The van der Waals surface area contributed by atoms with Crippen molar-refractivity contribution >= 4 is 27.0 Å². The standard InChI is InChI=1S/C12H11BrN4O/c13-10-7-15-12-9(8(10)5-14)6-16-17(12)11-3-1-2-4-18-11/h6-7,11H,1-4H2. The monoisotopic (exact) mass is 306 g/mol. The molecule has 0 saturated carbocycles. The first-order valence-electron chi connectivity index (χ1n) is 5.84. The molecule has 18 heavy (non-hydrogen) atoms. The van der Waals surface area contributed by atoms with Gasteiger partial charge >= 0.3 is 0 Å². The highest BCUT2D eigenvalue weighted by atomic mass is 79.9. The van der Waals surface area contributed by atoms with Crippen molar-refractivity contribution in [3.8, 4) is 6.07 Å². The quantitative estimate of drug-likeness (QED) is 0.812. The Balaban J connectivity index is 2.12. The molecule has 1 aliphatic rings. The van der Waals surface area contributed by atoms with Gasteiger partial charge in [0.25, 0.3) is 0 Å². The van der Waals surface area contributed by atoms with Gasteiger partial charge in [-0.2, -0.15) is 10.4 Å². The molecule has 0 N–H and O–H groups in total. The molecule has 1 atom stereocenters. The Bertz CT molecular complexity index is 625. The highest BCUT2D eigenvalue weighted by Crippen LogP contribution is 2.28. The smallest absolute Gasteiger partial charge is 0.161 e. The third-order valence-corrected chi connectivity index (χ3v) is 3.72. The molecular formula is C12H11BrN4O. The van der Waals surface area contributed by atoms with Gasteiger partial charge in [0.15, 0.2) is 11.9 Å². The van der Waals surface area contributed by atoms with E-state index in [0.29, 0.717) is 15.7 Å². The summed E-state index contributed by atoms with van der Waals surface area (Å²) >= 11 is 3.33. The van der Waals surface area contributed by atoms with E-state index in [2.05, 4.69) is 32.1 Å². The molecule has 2 aromatic heterocycles. The number of fused-ring (bicyclic) bond motifs is 1. The number of nitrogens with zero attached hydrogens (tertiary/aromatic N) is 4. The zero-order valence-corrected chi connectivity index (χ0v) is 11.2. The van der Waals surface area contributed by atoms with Gasteiger partial charge in [0.2, 0.25) is 0 Å². The van der Waals surface area contributed by atoms with Gasteiger partial charge in [0, 0.05) is 12.8 Å². The summed E-state index contributed by atoms with van der Waals surface area (Å²) in [5, 5.41) is 14.3. The minimum atomic E-state index is -0.0588. The van der Waals surface area contributed by atoms with E-state index < -0.39 is 0 Å². The first-order valence-corrected chi connectivity index (χ1v) is 6.64. The Morgan fingerprint density at radius 3 is 3.06 bits per heavy atom. The number of hydrogen-bond acceptors (Lipinski definition) is 4. The molecule has 3 heterocycles. The van der Waals surface area contributed by atoms with Crippen LogP contribution in [0.3, 0.4) is 0 Å². The fourth-order valence-electron chi connectivity index (χ4n) is 2.21. The van der Waals surface area contributed by atoms with E-state index in [1.165, 1.54) is 0 Å². The number of pyridine rings is 1. The van der Waals surface area contributed by atoms with Crippen molar-refractivity contribution in [2.45, 2.75) is 25.5 Å². The second-order valence-electron chi connectivity index (χ2n) is 4.24. The maximum Gasteiger partial charge on any atom is 0.161 e. The van der Waals surface area contributed by atoms with Crippen molar-refractivity contribution in [1.29, 1.82) is 5.26 Å². The summed E-state index contributed by atoms with van der Waals surface area (Å²) in [4.78, 5) is 4.35. The van der Waals surface area contributed by atoms with Crippen LogP contribution in [-0.4, -0.2) is 21.4 Å². The lowest BCUT2D eigenvalue weighted by atomic mass is 10.2. The highest BCUT2D eigenvalue weighted by molar-refractivity contribution is 9.10. The summed E-state index contributed by atoms with van der Waals surface area (Å²) in [6, 6.07) is 2.17. The van der Waals surface area contributed by atoms with Crippen LogP contribution in [-0.2, 0) is 4.74 Å². The average molecular weight is 307 g/mol. The van der Waals surface area contributed by atoms with Crippen LogP contribution in [0.15, 0.2) is 16.9 Å². The zero-order valence-electron chi connectivity index (χ0n) is 9.64. The SMILES string of the molecule is N#Cc1c(Br)cnc2c1cnn2C1CCCCO1. The predicted octanol–water partition coefficient (Wildman–Crippen LogP) is 2.76. The van der Waals surface area contributed by atoms with Crippen LogP contribution >= 0.6 is 15.9 Å². The van der Waals surface area contributed by atoms with Crippen LogP contribution < -0.4 is 0 Å². The maximum absolute atomic E-state index is 9.16. The third-order valence-electron chi connectivity index (χ3n) is 3.12. The van der Waals surface area contributed by atoms with E-state index in [9.17, 15) is 0 Å². The van der Waals surface area contributed by atoms with Gasteiger partial charge in [-0.25, -0.2) is 9.67 Å². The number of nitriles is 1. The van der Waals surface area contributed by atoms with Crippen LogP contribution in [0.2, 0.25) is 0 Å². The Labute approximate surface area is 112 Å². The second kappa shape index (κ2) is 4.67. The summed E-state index contributed by atoms with van der Waals surface area (Å²) in [5.74, 6) is 0. The molecule has 0 aliphatic carbocycles. The molecule has 1 aliphatic heterocycles. The molecule has 0 aromatic carbocycles. The van der Waals surface area contributed by atoms with Crippen LogP contribution in [0.25, 0.3) is 11.0 Å². The molecule has 3 rings (SSSR count). The second-order valence-corrected chi connectivity index (χ2v) is 5.09. The molecule has 1 unspecified atom stereocenters. The largest absolute Gasteiger partial charge is 0.356 e. The summed E-state index contributed by atoms with van der Waals surface area (Å²) in [7, 11) is 0. The van der Waals surface area contributed by atoms with E-state index in [1.807, 2.05) is 0 Å². The third kappa shape index (κ3) is 1.80. The first-order chi connectivity index (χ1) is 8.81. The van der Waals surface area contributed by atoms with Gasteiger partial charge in [-0.15, -0.1) is 0 Å². The lowest BCUT2D eigenvalue weighted by molar-refractivity contribution is -0.0370. The molecule has 0 spiro atoms. The summed E-state index contributed by atoms with van der Waals surface area (Å²) in [6.07, 6.45) is 6.43. The van der Waals surface area contributed by atoms with Crippen LogP contribution in [0, 0.1) is 11.3 Å². The molecule has 1 saturated heterocycles. The lowest BCUT2D eigenvalue weighted by Gasteiger charge is -2.22. The van der Waals surface area contributed by atoms with Crippen molar-refractivity contribution in [1.82, 2.24) is 14.8 Å². The highest BCUT2D eigenvalue weighted by Gasteiger charge is 2.20. The van der Waals surface area contributed by atoms with E-state index >= 15 is 0 Å². The van der Waals surface area contributed by atoms with Crippen LogP contribution in [0.5, 0.6) is 0 Å². The van der Waals surface area contributed by atoms with Crippen LogP contribution in [0.4, 0.5) is 0 Å². The number of ether oxygens (including phenoxy) is 1. The van der Waals surface area contributed by atoms with Gasteiger partial charge in [-0.1, -0.05) is 0 Å². The molecule has 1 fully saturated rings. The van der Waals surface area contributed by atoms with E-state index in [4.69, 9.17) is 10.00 Å². The fraction of sp³-hybridized carbons (Fsp3) is 0.417. The minimum absolute atomic E-state index is 0.0588. The van der Waals surface area contributed by atoms with Gasteiger partial charge in [0.05, 0.1) is 21.6 Å². The molecule has 92 valence electrons. The average Bonchev–Trinajstić information content (AvgIpc) is 2.83. The predicted molar refractivity (Wildman–Crippen MR) is 68.8 cm³/mol. The zero-order chi connectivity index (χ0) is 12.5. The van der Waals surface area contributed by atoms with E-state index in [0.717, 1.165) is 31.3 Å². The molecular weight excluding hydrogens is 296 g/mol. The Morgan fingerprint density at radius 2 is 2.33 bits per heavy atom. The number of halogens is 1. The van der Waals surface area contributed by atoms with Crippen molar-refractivity contribution in [2.24, 2.45) is 0 Å². The number of hydrogen-bond donors (Lipinski definition) is 0. The van der Waals surface area contributed by atoms with E-state index in [-0.39, 0.29) is 6.23 Å². The summed E-state index contributed by atoms with van der Waals surface area (Å²) in [5.41, 5.74) is 1.28. The molecule has 2 aromatic rings. The summed E-state index contributed by atoms with van der Waals surface area (Å²) < 4.78 is 8.18. The lowest BCUT2D eigenvalue weighted by Crippen LogP contribution is -2.19. The van der Waals surface area contributed by atoms with Crippen LogP contribution in [0.1, 0.15) is 31.1 Å².